The Balaban J connectivity index is 2.12. The summed E-state index contributed by atoms with van der Waals surface area (Å²) in [4.78, 5) is 10.2. The number of hydrogen-bond acceptors (Lipinski definition) is 6. The molecule has 1 N–H and O–H groups in total. The second-order valence-corrected chi connectivity index (χ2v) is 6.23. The molecule has 0 saturated carbocycles. The van der Waals surface area contributed by atoms with Gasteiger partial charge in [0.05, 0.1) is 23.8 Å². The third kappa shape index (κ3) is 3.45. The molecule has 1 unspecified atom stereocenters. The quantitative estimate of drug-likeness (QED) is 0.884. The molecule has 1 aromatic rings. The maximum absolute atomic E-state index is 9.39. The standard InChI is InChI=1S/C13H23N3O2S/c1-15(2)10-5-4-6-16(7-10)13-14-11(9-18-3)12(8-17)19-13/h10,17H,4-9H2,1-3H3. The molecule has 1 atom stereocenters. The molecule has 0 amide bonds. The highest BCUT2D eigenvalue weighted by molar-refractivity contribution is 7.15. The predicted molar refractivity (Wildman–Crippen MR) is 77.7 cm³/mol. The molecule has 0 aromatic carbocycles. The number of aromatic nitrogens is 1. The van der Waals surface area contributed by atoms with Crippen molar-refractivity contribution in [1.29, 1.82) is 0 Å². The topological polar surface area (TPSA) is 48.8 Å². The van der Waals surface area contributed by atoms with Crippen molar-refractivity contribution in [3.05, 3.63) is 10.6 Å². The molecular formula is C13H23N3O2S. The summed E-state index contributed by atoms with van der Waals surface area (Å²) in [5.41, 5.74) is 0.872. The van der Waals surface area contributed by atoms with E-state index in [1.165, 1.54) is 12.8 Å². The first-order valence-electron chi connectivity index (χ1n) is 6.65. The van der Waals surface area contributed by atoms with E-state index in [1.54, 1.807) is 18.4 Å². The summed E-state index contributed by atoms with van der Waals surface area (Å²) in [5.74, 6) is 0. The van der Waals surface area contributed by atoms with Crippen LogP contribution < -0.4 is 4.90 Å². The van der Waals surface area contributed by atoms with Crippen molar-refractivity contribution >= 4 is 16.5 Å². The summed E-state index contributed by atoms with van der Waals surface area (Å²) >= 11 is 1.59. The van der Waals surface area contributed by atoms with Crippen LogP contribution in [0.25, 0.3) is 0 Å². The summed E-state index contributed by atoms with van der Waals surface area (Å²) in [6.45, 7) is 2.57. The van der Waals surface area contributed by atoms with E-state index >= 15 is 0 Å². The number of hydrogen-bond donors (Lipinski definition) is 1. The summed E-state index contributed by atoms with van der Waals surface area (Å²) in [6, 6.07) is 0.584. The van der Waals surface area contributed by atoms with Gasteiger partial charge < -0.3 is 19.6 Å². The van der Waals surface area contributed by atoms with Crippen LogP contribution in [-0.4, -0.2) is 55.3 Å². The first kappa shape index (κ1) is 14.7. The molecule has 0 bridgehead atoms. The van der Waals surface area contributed by atoms with E-state index in [1.807, 2.05) is 0 Å². The molecule has 108 valence electrons. The SMILES string of the molecule is COCc1nc(N2CCCC(N(C)C)C2)sc1CO. The molecule has 1 aliphatic heterocycles. The van der Waals surface area contributed by atoms with Crippen molar-refractivity contribution in [3.63, 3.8) is 0 Å². The molecule has 1 aromatic heterocycles. The van der Waals surface area contributed by atoms with Gasteiger partial charge in [-0.05, 0) is 26.9 Å². The largest absolute Gasteiger partial charge is 0.391 e. The van der Waals surface area contributed by atoms with Gasteiger partial charge in [0.25, 0.3) is 0 Å². The van der Waals surface area contributed by atoms with Crippen molar-refractivity contribution in [3.8, 4) is 0 Å². The van der Waals surface area contributed by atoms with Gasteiger partial charge in [0, 0.05) is 26.2 Å². The van der Waals surface area contributed by atoms with Crippen LogP contribution in [0, 0.1) is 0 Å². The van der Waals surface area contributed by atoms with E-state index < -0.39 is 0 Å². The normalized spacial score (nSPS) is 20.3. The molecule has 19 heavy (non-hydrogen) atoms. The highest BCUT2D eigenvalue weighted by atomic mass is 32.1. The third-order valence-corrected chi connectivity index (χ3v) is 4.73. The number of nitrogens with zero attached hydrogens (tertiary/aromatic N) is 3. The maximum Gasteiger partial charge on any atom is 0.186 e. The minimum absolute atomic E-state index is 0.0430. The van der Waals surface area contributed by atoms with E-state index in [0.717, 1.165) is 28.8 Å². The number of methoxy groups -OCH3 is 1. The molecule has 1 aliphatic rings. The number of likely N-dealkylation sites (N-methyl/N-ethyl adjacent to an activating group) is 1. The smallest absolute Gasteiger partial charge is 0.186 e. The third-order valence-electron chi connectivity index (χ3n) is 3.59. The number of thiazole rings is 1. The molecule has 1 saturated heterocycles. The number of rotatable bonds is 5. The van der Waals surface area contributed by atoms with Crippen LogP contribution in [0.4, 0.5) is 5.13 Å². The zero-order valence-electron chi connectivity index (χ0n) is 11.9. The van der Waals surface area contributed by atoms with Gasteiger partial charge in [-0.2, -0.15) is 0 Å². The Bertz CT molecular complexity index is 409. The lowest BCUT2D eigenvalue weighted by Crippen LogP contribution is -2.45. The van der Waals surface area contributed by atoms with Gasteiger partial charge >= 0.3 is 0 Å². The van der Waals surface area contributed by atoms with E-state index in [2.05, 4.69) is 28.9 Å². The Kier molecular flexibility index (Phi) is 5.15. The van der Waals surface area contributed by atoms with Crippen LogP contribution in [0.2, 0.25) is 0 Å². The van der Waals surface area contributed by atoms with Gasteiger partial charge in [0.1, 0.15) is 0 Å². The van der Waals surface area contributed by atoms with Gasteiger partial charge in [-0.15, -0.1) is 0 Å². The highest BCUT2D eigenvalue weighted by Crippen LogP contribution is 2.29. The molecule has 1 fully saturated rings. The summed E-state index contributed by atoms with van der Waals surface area (Å²) in [5, 5.41) is 10.4. The van der Waals surface area contributed by atoms with Crippen LogP contribution in [0.3, 0.4) is 0 Å². The van der Waals surface area contributed by atoms with Crippen LogP contribution >= 0.6 is 11.3 Å². The predicted octanol–water partition coefficient (Wildman–Crippen LogP) is 1.31. The zero-order valence-corrected chi connectivity index (χ0v) is 12.7. The summed E-state index contributed by atoms with van der Waals surface area (Å²) in [6.07, 6.45) is 2.43. The lowest BCUT2D eigenvalue weighted by molar-refractivity contribution is 0.179. The van der Waals surface area contributed by atoms with Gasteiger partial charge in [-0.1, -0.05) is 11.3 Å². The maximum atomic E-state index is 9.39. The second kappa shape index (κ2) is 6.65. The molecule has 0 radical (unpaired) electrons. The van der Waals surface area contributed by atoms with E-state index in [0.29, 0.717) is 12.6 Å². The highest BCUT2D eigenvalue weighted by Gasteiger charge is 2.24. The Morgan fingerprint density at radius 1 is 1.53 bits per heavy atom. The molecule has 0 aliphatic carbocycles. The number of aliphatic hydroxyl groups excluding tert-OH is 1. The van der Waals surface area contributed by atoms with Gasteiger partial charge in [-0.3, -0.25) is 0 Å². The zero-order chi connectivity index (χ0) is 13.8. The molecular weight excluding hydrogens is 262 g/mol. The minimum atomic E-state index is 0.0430. The fraction of sp³-hybridized carbons (Fsp3) is 0.769. The van der Waals surface area contributed by atoms with Gasteiger partial charge in [0.2, 0.25) is 0 Å². The van der Waals surface area contributed by atoms with Crippen molar-refractivity contribution in [2.24, 2.45) is 0 Å². The van der Waals surface area contributed by atoms with Crippen molar-refractivity contribution in [1.82, 2.24) is 9.88 Å². The van der Waals surface area contributed by atoms with E-state index in [9.17, 15) is 5.11 Å². The van der Waals surface area contributed by atoms with Crippen LogP contribution in [0.15, 0.2) is 0 Å². The first-order chi connectivity index (χ1) is 9.15. The molecule has 0 spiro atoms. The lowest BCUT2D eigenvalue weighted by atomic mass is 10.1. The van der Waals surface area contributed by atoms with Gasteiger partial charge in [0.15, 0.2) is 5.13 Å². The second-order valence-electron chi connectivity index (χ2n) is 5.16. The van der Waals surface area contributed by atoms with E-state index in [-0.39, 0.29) is 6.61 Å². The molecule has 6 heteroatoms. The number of piperidine rings is 1. The average Bonchev–Trinajstić information content (AvgIpc) is 2.82. The van der Waals surface area contributed by atoms with Crippen molar-refractivity contribution in [2.75, 3.05) is 39.2 Å². The van der Waals surface area contributed by atoms with E-state index in [4.69, 9.17) is 4.74 Å². The minimum Gasteiger partial charge on any atom is -0.391 e. The first-order valence-corrected chi connectivity index (χ1v) is 7.47. The number of ether oxygens (including phenoxy) is 1. The fourth-order valence-electron chi connectivity index (χ4n) is 2.43. The number of aliphatic hydroxyl groups is 1. The Labute approximate surface area is 118 Å². The lowest BCUT2D eigenvalue weighted by Gasteiger charge is -2.35. The molecule has 2 rings (SSSR count). The number of anilines is 1. The van der Waals surface area contributed by atoms with Crippen molar-refractivity contribution < 1.29 is 9.84 Å². The van der Waals surface area contributed by atoms with Crippen molar-refractivity contribution in [2.45, 2.75) is 32.1 Å². The van der Waals surface area contributed by atoms with Crippen LogP contribution in [0.1, 0.15) is 23.4 Å². The Morgan fingerprint density at radius 3 is 2.95 bits per heavy atom. The molecule has 2 heterocycles. The Morgan fingerprint density at radius 2 is 2.32 bits per heavy atom. The summed E-state index contributed by atoms with van der Waals surface area (Å²) in [7, 11) is 5.92. The average molecular weight is 285 g/mol. The molecule has 5 nitrogen and oxygen atoms in total. The van der Waals surface area contributed by atoms with Crippen LogP contribution in [-0.2, 0) is 18.0 Å². The fourth-order valence-corrected chi connectivity index (χ4v) is 3.39. The van der Waals surface area contributed by atoms with Gasteiger partial charge in [-0.25, -0.2) is 4.98 Å². The van der Waals surface area contributed by atoms with Crippen LogP contribution in [0.5, 0.6) is 0 Å². The Hall–Kier alpha value is -0.690. The monoisotopic (exact) mass is 285 g/mol. The summed E-state index contributed by atoms with van der Waals surface area (Å²) < 4.78 is 5.14.